The first-order valence-corrected chi connectivity index (χ1v) is 15.6. The number of ether oxygens (including phenoxy) is 1. The van der Waals surface area contributed by atoms with Gasteiger partial charge in [0.05, 0.1) is 11.9 Å². The first-order chi connectivity index (χ1) is 22.2. The van der Waals surface area contributed by atoms with Crippen LogP contribution in [0.5, 0.6) is 11.8 Å². The van der Waals surface area contributed by atoms with Crippen LogP contribution in [0.15, 0.2) is 79.4 Å². The summed E-state index contributed by atoms with van der Waals surface area (Å²) >= 11 is 1.55. The molecule has 9 nitrogen and oxygen atoms in total. The van der Waals surface area contributed by atoms with Crippen molar-refractivity contribution in [3.63, 3.8) is 0 Å². The Hall–Kier alpha value is -5.42. The summed E-state index contributed by atoms with van der Waals surface area (Å²) in [5.41, 5.74) is 13.5. The van der Waals surface area contributed by atoms with Crippen molar-refractivity contribution in [2.24, 2.45) is 7.05 Å². The predicted octanol–water partition coefficient (Wildman–Crippen LogP) is 8.03. The fourth-order valence-corrected chi connectivity index (χ4v) is 6.89. The Morgan fingerprint density at radius 1 is 1.11 bits per heavy atom. The number of nitrogens with two attached hydrogens (primary N) is 1. The van der Waals surface area contributed by atoms with Crippen LogP contribution >= 0.6 is 11.3 Å². The van der Waals surface area contributed by atoms with Crippen molar-refractivity contribution in [2.75, 3.05) is 11.1 Å². The van der Waals surface area contributed by atoms with Gasteiger partial charge in [0, 0.05) is 74.5 Å². The Morgan fingerprint density at radius 2 is 1.93 bits per heavy atom. The number of anilines is 2. The number of halogens is 1. The van der Waals surface area contributed by atoms with E-state index in [0.29, 0.717) is 33.9 Å². The second-order valence-electron chi connectivity index (χ2n) is 11.5. The van der Waals surface area contributed by atoms with Gasteiger partial charge in [-0.2, -0.15) is 10.1 Å². The van der Waals surface area contributed by atoms with Gasteiger partial charge in [0.25, 0.3) is 5.91 Å². The molecule has 0 spiro atoms. The second-order valence-corrected chi connectivity index (χ2v) is 12.5. The summed E-state index contributed by atoms with van der Waals surface area (Å²) in [5.74, 6) is -0.0499. The zero-order valence-electron chi connectivity index (χ0n) is 25.5. The van der Waals surface area contributed by atoms with Gasteiger partial charge in [-0.3, -0.25) is 9.48 Å². The number of hydrogen-bond donors (Lipinski definition) is 2. The van der Waals surface area contributed by atoms with E-state index >= 15 is 4.39 Å². The first kappa shape index (κ1) is 29.3. The van der Waals surface area contributed by atoms with Gasteiger partial charge in [0.1, 0.15) is 5.82 Å². The van der Waals surface area contributed by atoms with Crippen LogP contribution < -0.4 is 15.8 Å². The molecule has 1 aliphatic rings. The number of nitrogen functional groups attached to an aromatic ring is 1. The molecule has 4 heterocycles. The normalized spacial score (nSPS) is 12.8. The third kappa shape index (κ3) is 5.49. The van der Waals surface area contributed by atoms with E-state index in [-0.39, 0.29) is 17.7 Å². The van der Waals surface area contributed by atoms with E-state index in [1.54, 1.807) is 53.7 Å². The van der Waals surface area contributed by atoms with Crippen molar-refractivity contribution in [3.05, 3.63) is 96.5 Å². The number of nitrogens with one attached hydrogen (secondary N) is 1. The molecule has 46 heavy (non-hydrogen) atoms. The molecule has 230 valence electrons. The molecule has 0 radical (unpaired) electrons. The Labute approximate surface area is 268 Å². The fourth-order valence-electron chi connectivity index (χ4n) is 5.43. The summed E-state index contributed by atoms with van der Waals surface area (Å²) < 4.78 is 24.3. The lowest BCUT2D eigenvalue weighted by Gasteiger charge is -2.13. The molecule has 0 atom stereocenters. The summed E-state index contributed by atoms with van der Waals surface area (Å²) in [6.07, 6.45) is 9.25. The van der Waals surface area contributed by atoms with E-state index in [9.17, 15) is 4.79 Å². The molecule has 0 saturated heterocycles. The van der Waals surface area contributed by atoms with Crippen LogP contribution in [-0.2, 0) is 11.8 Å². The van der Waals surface area contributed by atoms with Crippen LogP contribution in [0.1, 0.15) is 36.9 Å². The van der Waals surface area contributed by atoms with Crippen LogP contribution in [0.2, 0.25) is 0 Å². The van der Waals surface area contributed by atoms with E-state index in [1.807, 2.05) is 44.4 Å². The number of hydrogen-bond acceptors (Lipinski definition) is 8. The van der Waals surface area contributed by atoms with Crippen LogP contribution in [0, 0.1) is 12.7 Å². The summed E-state index contributed by atoms with van der Waals surface area (Å²) in [5, 5.41) is 7.94. The molecule has 1 aliphatic carbocycles. The number of pyridine rings is 1. The van der Waals surface area contributed by atoms with Crippen molar-refractivity contribution in [1.29, 1.82) is 0 Å². The third-order valence-corrected chi connectivity index (χ3v) is 9.20. The summed E-state index contributed by atoms with van der Waals surface area (Å²) in [4.78, 5) is 26.4. The number of thiophene rings is 1. The highest BCUT2D eigenvalue weighted by Crippen LogP contribution is 2.50. The standard InChI is InChI=1S/C35H30FN7O2S/c1-18(2)34(44)41-23-8-9-24(19(3)13-23)31-29(30-32(46-31)25(16-39-33(30)37)22-15-40-43(4)17-22)21-7-10-28(26(36)14-21)45-35-38-12-11-27(42-35)20-5-6-20/h7-17,20H,1,5-6H2,2-4H3,(H2,37,39)(H,41,44). The molecular formula is C35H30FN7O2S. The largest absolute Gasteiger partial charge is 0.421 e. The Morgan fingerprint density at radius 3 is 2.63 bits per heavy atom. The SMILES string of the molecule is C=C(C)C(=O)Nc1ccc(-c2sc3c(-c4cnn(C)c4)cnc(N)c3c2-c2ccc(Oc3nccc(C4CC4)n3)c(F)c2)c(C)c1. The maximum Gasteiger partial charge on any atom is 0.322 e. The van der Waals surface area contributed by atoms with E-state index in [0.717, 1.165) is 55.9 Å². The van der Waals surface area contributed by atoms with Crippen molar-refractivity contribution < 1.29 is 13.9 Å². The lowest BCUT2D eigenvalue weighted by Crippen LogP contribution is -2.11. The summed E-state index contributed by atoms with van der Waals surface area (Å²) in [6.45, 7) is 7.35. The molecule has 6 aromatic rings. The Balaban J connectivity index is 1.37. The molecule has 7 rings (SSSR count). The average molecular weight is 632 g/mol. The summed E-state index contributed by atoms with van der Waals surface area (Å²) in [7, 11) is 1.86. The molecule has 1 saturated carbocycles. The molecular weight excluding hydrogens is 601 g/mol. The lowest BCUT2D eigenvalue weighted by atomic mass is 9.95. The van der Waals surface area contributed by atoms with Gasteiger partial charge in [-0.1, -0.05) is 18.7 Å². The van der Waals surface area contributed by atoms with Crippen LogP contribution in [0.4, 0.5) is 15.9 Å². The molecule has 0 aliphatic heterocycles. The summed E-state index contributed by atoms with van der Waals surface area (Å²) in [6, 6.07) is 12.5. The van der Waals surface area contributed by atoms with Crippen molar-refractivity contribution in [3.8, 4) is 44.5 Å². The molecule has 1 amide bonds. The topological polar surface area (TPSA) is 121 Å². The van der Waals surface area contributed by atoms with E-state index in [2.05, 4.69) is 31.9 Å². The van der Waals surface area contributed by atoms with Crippen LogP contribution in [0.3, 0.4) is 0 Å². The van der Waals surface area contributed by atoms with Crippen molar-refractivity contribution >= 4 is 38.8 Å². The van der Waals surface area contributed by atoms with Crippen molar-refractivity contribution in [2.45, 2.75) is 32.6 Å². The van der Waals surface area contributed by atoms with E-state index < -0.39 is 5.82 Å². The third-order valence-electron chi connectivity index (χ3n) is 7.95. The van der Waals surface area contributed by atoms with Gasteiger partial charge >= 0.3 is 6.01 Å². The molecule has 0 unspecified atom stereocenters. The second kappa shape index (κ2) is 11.5. The molecule has 1 fully saturated rings. The minimum atomic E-state index is -0.562. The predicted molar refractivity (Wildman–Crippen MR) is 179 cm³/mol. The quantitative estimate of drug-likeness (QED) is 0.163. The lowest BCUT2D eigenvalue weighted by molar-refractivity contribution is -0.112. The average Bonchev–Trinajstić information content (AvgIpc) is 3.68. The van der Waals surface area contributed by atoms with Crippen LogP contribution in [-0.4, -0.2) is 30.6 Å². The van der Waals surface area contributed by atoms with Gasteiger partial charge in [-0.05, 0) is 73.7 Å². The number of benzene rings is 2. The number of carbonyl (C=O) groups is 1. The molecule has 4 aromatic heterocycles. The smallest absolute Gasteiger partial charge is 0.322 e. The zero-order chi connectivity index (χ0) is 32.1. The van der Waals surface area contributed by atoms with Crippen molar-refractivity contribution in [1.82, 2.24) is 24.7 Å². The van der Waals surface area contributed by atoms with Gasteiger partial charge in [-0.25, -0.2) is 14.4 Å². The number of aryl methyl sites for hydroxylation is 2. The van der Waals surface area contributed by atoms with Gasteiger partial charge in [-0.15, -0.1) is 11.3 Å². The minimum Gasteiger partial charge on any atom is -0.421 e. The Kier molecular flexibility index (Phi) is 7.32. The van der Waals surface area contributed by atoms with Gasteiger partial charge in [0.15, 0.2) is 11.6 Å². The van der Waals surface area contributed by atoms with E-state index in [1.165, 1.54) is 6.07 Å². The first-order valence-electron chi connectivity index (χ1n) is 14.7. The van der Waals surface area contributed by atoms with Gasteiger partial charge < -0.3 is 15.8 Å². The molecule has 3 N–H and O–H groups in total. The minimum absolute atomic E-state index is 0.0220. The molecule has 2 aromatic carbocycles. The number of fused-ring (bicyclic) bond motifs is 1. The zero-order valence-corrected chi connectivity index (χ0v) is 26.3. The van der Waals surface area contributed by atoms with Gasteiger partial charge in [0.2, 0.25) is 0 Å². The number of nitrogens with zero attached hydrogens (tertiary/aromatic N) is 5. The molecule has 11 heteroatoms. The fraction of sp³-hybridized carbons (Fsp3) is 0.171. The maximum atomic E-state index is 15.8. The number of amides is 1. The monoisotopic (exact) mass is 631 g/mol. The highest BCUT2D eigenvalue weighted by molar-refractivity contribution is 7.23. The Bertz CT molecular complexity index is 2180. The highest BCUT2D eigenvalue weighted by Gasteiger charge is 2.26. The van der Waals surface area contributed by atoms with E-state index in [4.69, 9.17) is 10.5 Å². The number of rotatable bonds is 8. The number of carbonyl (C=O) groups excluding carboxylic acids is 1. The molecule has 0 bridgehead atoms. The number of aromatic nitrogens is 5. The van der Waals surface area contributed by atoms with Crippen LogP contribution in [0.25, 0.3) is 42.8 Å². The maximum absolute atomic E-state index is 15.8. The highest BCUT2D eigenvalue weighted by atomic mass is 32.1.